The van der Waals surface area contributed by atoms with Crippen LogP contribution in [0.2, 0.25) is 0 Å². The van der Waals surface area contributed by atoms with E-state index in [0.717, 1.165) is 55.5 Å². The van der Waals surface area contributed by atoms with Crippen LogP contribution < -0.4 is 25.4 Å². The van der Waals surface area contributed by atoms with Crippen LogP contribution in [-0.2, 0) is 88.6 Å². The van der Waals surface area contributed by atoms with Crippen LogP contribution in [-0.4, -0.2) is 190 Å². The number of hydrogen-bond acceptors (Lipinski definition) is 18. The van der Waals surface area contributed by atoms with Crippen molar-refractivity contribution in [2.45, 2.75) is 120 Å². The molecular weight excluding hydrogens is 1410 g/mol. The molecule has 1 aliphatic carbocycles. The minimum Gasteiger partial charge on any atom is -0.480 e. The van der Waals surface area contributed by atoms with Gasteiger partial charge in [0.1, 0.15) is 29.0 Å². The molecule has 31 heteroatoms. The predicted molar refractivity (Wildman–Crippen MR) is 381 cm³/mol. The van der Waals surface area contributed by atoms with Crippen molar-refractivity contribution < 1.29 is 78.8 Å². The monoisotopic (exact) mass is 1500 g/mol. The third-order valence-electron chi connectivity index (χ3n) is 17.7. The Balaban J connectivity index is 0.000000282. The largest absolute Gasteiger partial charge is 0.480 e. The highest BCUT2D eigenvalue weighted by molar-refractivity contribution is 8.24. The number of ketones is 3. The van der Waals surface area contributed by atoms with Crippen LogP contribution in [0, 0.1) is 17.8 Å². The molecule has 5 N–H and O–H groups in total. The number of carbonyl (C=O) groups excluding carboxylic acids is 5. The number of amides is 2. The van der Waals surface area contributed by atoms with Crippen LogP contribution >= 0.6 is 65.9 Å². The van der Waals surface area contributed by atoms with Gasteiger partial charge in [-0.2, -0.15) is 39.7 Å². The minimum absolute atomic E-state index is 0. The number of ether oxygens (including phenoxy) is 4. The molecule has 536 valence electrons. The number of fused-ring (bicyclic) bond motifs is 8. The zero-order valence-corrected chi connectivity index (χ0v) is 60.8. The second-order valence-electron chi connectivity index (χ2n) is 25.0. The molecule has 0 radical (unpaired) electrons. The number of Topliss-reactive ketones (excluding diaryl/α,β-unsaturated/α-hetero) is 3. The van der Waals surface area contributed by atoms with E-state index >= 15 is 0 Å². The van der Waals surface area contributed by atoms with Crippen molar-refractivity contribution in [1.29, 1.82) is 0 Å². The standard InChI is InChI=1S/C36H47N3O7S.C30H39N3O9S.Cl3OP.2H2S/c40-34(24-26-6-1-2-7-26)32-22-27-8-3-10-30(20-27)46-31-11-4-9-28(21-31)23-33(39-13-5-19-47(39,43)44)35(41)25-29(36(42)37-32)12-14-38-15-17-45-18-16-38;34-28-20-23(8-10-33-11-13-41-14-12-33)29(35)32-27(30(36)37)19-22-5-2-7-25(17-22)42-24-6-1-4-21(16-24)18-26(28)31-9-3-15-43(38,39)40;1-5(2,3)4;;/h3-4,8-11,20-21,26,29,32-33H,1-2,5-7,12-19,22-25H2,(H,37,42);1-2,4-7,16-17,23,26-27,31H,3,8-15,18-20H2,(H,32,35)(H,36,37)(H,38,39,40);;2*1H2/t29-,32+,33+;23-,26+,27+;;;/m11.../s1. The molecule has 5 aliphatic heterocycles. The van der Waals surface area contributed by atoms with Crippen LogP contribution in [0.15, 0.2) is 97.1 Å². The summed E-state index contributed by atoms with van der Waals surface area (Å²) in [5.41, 5.74) is 3.11. The van der Waals surface area contributed by atoms with Crippen molar-refractivity contribution in [2.24, 2.45) is 17.8 Å². The number of carboxylic acids is 1. The zero-order valence-electron chi connectivity index (χ0n) is 54.0. The van der Waals surface area contributed by atoms with Gasteiger partial charge < -0.3 is 40.0 Å². The van der Waals surface area contributed by atoms with Crippen LogP contribution in [0.5, 0.6) is 23.0 Å². The van der Waals surface area contributed by atoms with E-state index in [1.807, 2.05) is 54.6 Å². The van der Waals surface area contributed by atoms with Gasteiger partial charge in [0.2, 0.25) is 21.8 Å². The van der Waals surface area contributed by atoms with Gasteiger partial charge in [-0.25, -0.2) is 13.2 Å². The number of carboxylic acid groups (broad SMARTS) is 1. The van der Waals surface area contributed by atoms with E-state index in [4.69, 9.17) is 23.5 Å². The van der Waals surface area contributed by atoms with Crippen LogP contribution in [0.25, 0.3) is 0 Å². The van der Waals surface area contributed by atoms with Crippen molar-refractivity contribution >= 4 is 121 Å². The lowest BCUT2D eigenvalue weighted by Crippen LogP contribution is -2.48. The van der Waals surface area contributed by atoms with Crippen molar-refractivity contribution in [3.63, 3.8) is 0 Å². The van der Waals surface area contributed by atoms with Gasteiger partial charge in [0.15, 0.2) is 17.3 Å². The molecule has 5 heterocycles. The molecule has 4 aromatic carbocycles. The minimum atomic E-state index is -4.15. The summed E-state index contributed by atoms with van der Waals surface area (Å²) in [4.78, 5) is 86.1. The molecule has 8 bridgehead atoms. The van der Waals surface area contributed by atoms with Gasteiger partial charge in [-0.15, -0.1) is 0 Å². The molecule has 4 fully saturated rings. The highest BCUT2D eigenvalue weighted by Gasteiger charge is 2.41. The fourth-order valence-corrected chi connectivity index (χ4v) is 15.0. The molecule has 3 saturated heterocycles. The molecule has 0 spiro atoms. The number of carbonyl (C=O) groups is 6. The Hall–Kier alpha value is -4.68. The number of nitrogens with one attached hydrogen (secondary N) is 3. The van der Waals surface area contributed by atoms with Gasteiger partial charge >= 0.3 is 11.2 Å². The second kappa shape index (κ2) is 39.5. The lowest BCUT2D eigenvalue weighted by atomic mass is 9.90. The van der Waals surface area contributed by atoms with Gasteiger partial charge in [0.05, 0.1) is 56.1 Å². The smallest absolute Gasteiger partial charge is 0.339 e. The number of halogens is 3. The highest BCUT2D eigenvalue weighted by Crippen LogP contribution is 2.61. The first kappa shape index (κ1) is 81.3. The van der Waals surface area contributed by atoms with Gasteiger partial charge in [0, 0.05) is 70.2 Å². The lowest BCUT2D eigenvalue weighted by molar-refractivity contribution is -0.142. The number of nitrogens with zero attached hydrogens (tertiary/aromatic N) is 3. The molecule has 0 unspecified atom stereocenters. The molecule has 10 rings (SSSR count). The summed E-state index contributed by atoms with van der Waals surface area (Å²) < 4.78 is 91.8. The van der Waals surface area contributed by atoms with Crippen LogP contribution in [0.4, 0.5) is 0 Å². The summed E-state index contributed by atoms with van der Waals surface area (Å²) in [5.74, 6) is -2.00. The Labute approximate surface area is 596 Å². The third kappa shape index (κ3) is 28.0. The zero-order chi connectivity index (χ0) is 68.1. The van der Waals surface area contributed by atoms with Gasteiger partial charge in [-0.05, 0) is 175 Å². The SMILES string of the molecule is O=C1N[C@H](C(=O)CC2CCCC2)Cc2cccc(c2)Oc2cccc(c2)C[C@H](N2CCCS2(=O)=O)C(=O)C[C@H]1CCN1CCOCC1.O=C1N[C@H](C(=O)O)Cc2cccc(c2)Oc2cccc(c2)C[C@H](NCCCS(=O)(=O)O)C(=O)C[C@H]1CCN1CCOCC1.O=P(Cl)(Cl)Cl.S.S. The first-order valence-electron chi connectivity index (χ1n) is 32.4. The summed E-state index contributed by atoms with van der Waals surface area (Å²) in [5, 5.41) is 15.6. The Morgan fingerprint density at radius 1 is 0.619 bits per heavy atom. The number of morpholine rings is 2. The average Bonchev–Trinajstić information content (AvgIpc) is 1.75. The Bertz CT molecular complexity index is 3560. The molecule has 0 aromatic heterocycles. The Kier molecular flexibility index (Phi) is 33.1. The predicted octanol–water partition coefficient (Wildman–Crippen LogP) is 8.63. The molecule has 2 amide bonds. The topological polar surface area (TPSA) is 311 Å². The Morgan fingerprint density at radius 3 is 1.49 bits per heavy atom. The molecule has 97 heavy (non-hydrogen) atoms. The van der Waals surface area contributed by atoms with Crippen molar-refractivity contribution in [3.05, 3.63) is 119 Å². The van der Waals surface area contributed by atoms with Gasteiger partial charge in [-0.1, -0.05) is 74.2 Å². The van der Waals surface area contributed by atoms with Crippen LogP contribution in [0.3, 0.4) is 0 Å². The second-order valence-corrected chi connectivity index (χ2v) is 35.2. The summed E-state index contributed by atoms with van der Waals surface area (Å²) in [7, 11) is -7.77. The quantitative estimate of drug-likeness (QED) is 0.0398. The number of sulfonamides is 1. The van der Waals surface area contributed by atoms with Gasteiger partial charge in [0.25, 0.3) is 10.1 Å². The fraction of sp³-hybridized carbons (Fsp3) is 0.545. The van der Waals surface area contributed by atoms with Crippen molar-refractivity contribution in [1.82, 2.24) is 30.1 Å². The molecule has 4 aromatic rings. The van der Waals surface area contributed by atoms with Crippen LogP contribution in [0.1, 0.15) is 92.9 Å². The maximum atomic E-state index is 14.2. The number of hydrogen-bond donors (Lipinski definition) is 5. The van der Waals surface area contributed by atoms with E-state index in [9.17, 15) is 55.3 Å². The normalized spacial score (nSPS) is 23.4. The number of rotatable bonds is 16. The van der Waals surface area contributed by atoms with E-state index in [-0.39, 0.29) is 108 Å². The average molecular weight is 1510 g/mol. The lowest BCUT2D eigenvalue weighted by Gasteiger charge is -2.30. The number of benzene rings is 4. The van der Waals surface area contributed by atoms with E-state index in [1.165, 1.54) is 4.31 Å². The Morgan fingerprint density at radius 2 is 1.05 bits per heavy atom. The molecule has 23 nitrogen and oxygen atoms in total. The van der Waals surface area contributed by atoms with E-state index in [1.54, 1.807) is 42.5 Å². The van der Waals surface area contributed by atoms with Gasteiger partial charge in [-0.3, -0.25) is 42.9 Å². The third-order valence-corrected chi connectivity index (χ3v) is 20.5. The fourth-order valence-electron chi connectivity index (χ4n) is 12.8. The molecule has 6 atom stereocenters. The van der Waals surface area contributed by atoms with E-state index < -0.39 is 79.0 Å². The maximum absolute atomic E-state index is 14.2. The summed E-state index contributed by atoms with van der Waals surface area (Å²) >= 11 is 13.8. The van der Waals surface area contributed by atoms with E-state index in [2.05, 4.69) is 59.5 Å². The maximum Gasteiger partial charge on any atom is 0.339 e. The number of aliphatic carboxylic acids is 1. The molecular formula is C66H90Cl3N6O17PS4. The molecule has 1 saturated carbocycles. The summed E-state index contributed by atoms with van der Waals surface area (Å²) in [6.07, 6.45) is 6.52. The van der Waals surface area contributed by atoms with Crippen molar-refractivity contribution in [3.8, 4) is 23.0 Å². The molecule has 6 aliphatic rings. The summed E-state index contributed by atoms with van der Waals surface area (Å²) in [6.45, 7) is 6.83. The first-order valence-corrected chi connectivity index (χ1v) is 40.0. The highest BCUT2D eigenvalue weighted by atomic mass is 36.0. The van der Waals surface area contributed by atoms with E-state index in [0.29, 0.717) is 119 Å². The summed E-state index contributed by atoms with van der Waals surface area (Å²) in [6, 6.07) is 25.6. The van der Waals surface area contributed by atoms with Crippen molar-refractivity contribution in [2.75, 3.05) is 90.3 Å². The first-order chi connectivity index (χ1) is 45.3.